The molecule has 1 aromatic heterocycles. The number of rotatable bonds is 7. The minimum atomic E-state index is -0.214. The maximum Gasteiger partial charge on any atom is 0.139 e. The Morgan fingerprint density at radius 2 is 2.12 bits per heavy atom. The largest absolute Gasteiger partial charge is 0.392 e. The van der Waals surface area contributed by atoms with Crippen LogP contribution in [0.2, 0.25) is 4.34 Å². The van der Waals surface area contributed by atoms with Gasteiger partial charge in [-0.3, -0.25) is 4.79 Å². The van der Waals surface area contributed by atoms with E-state index in [9.17, 15) is 9.90 Å². The highest BCUT2D eigenvalue weighted by Crippen LogP contribution is 2.47. The maximum absolute atomic E-state index is 11.5. The number of aliphatic hydroxyl groups is 1. The van der Waals surface area contributed by atoms with Gasteiger partial charge in [0.05, 0.1) is 10.4 Å². The predicted molar refractivity (Wildman–Crippen MR) is 112 cm³/mol. The summed E-state index contributed by atoms with van der Waals surface area (Å²) in [4.78, 5) is 12.8. The molecule has 4 heteroatoms. The second-order valence-corrected chi connectivity index (χ2v) is 9.47. The molecule has 0 radical (unpaired) electrons. The Morgan fingerprint density at radius 1 is 1.35 bits per heavy atom. The van der Waals surface area contributed by atoms with Crippen LogP contribution < -0.4 is 0 Å². The molecule has 2 aliphatic carbocycles. The van der Waals surface area contributed by atoms with Crippen LogP contribution in [0.3, 0.4) is 0 Å². The molecule has 1 unspecified atom stereocenters. The van der Waals surface area contributed by atoms with Crippen molar-refractivity contribution in [3.8, 4) is 0 Å². The summed E-state index contributed by atoms with van der Waals surface area (Å²) in [6.45, 7) is 4.35. The number of hydrogen-bond donors (Lipinski definition) is 1. The van der Waals surface area contributed by atoms with Crippen molar-refractivity contribution in [1.29, 1.82) is 0 Å². The third-order valence-corrected chi connectivity index (χ3v) is 7.26. The van der Waals surface area contributed by atoms with Crippen molar-refractivity contribution in [3.05, 3.63) is 33.5 Å². The Hall–Kier alpha value is -0.640. The number of thiophene rings is 1. The van der Waals surface area contributed by atoms with E-state index in [1.165, 1.54) is 30.6 Å². The third kappa shape index (κ3) is 5.94. The summed E-state index contributed by atoms with van der Waals surface area (Å²) in [7, 11) is 0. The van der Waals surface area contributed by atoms with Gasteiger partial charge in [-0.05, 0) is 62.5 Å². The molecule has 2 atom stereocenters. The van der Waals surface area contributed by atoms with Gasteiger partial charge in [-0.1, -0.05) is 50.4 Å². The zero-order chi connectivity index (χ0) is 19.0. The van der Waals surface area contributed by atoms with Gasteiger partial charge in [0, 0.05) is 17.2 Å². The Balaban J connectivity index is 0.000000228. The molecule has 1 heterocycles. The molecule has 2 nitrogen and oxygen atoms in total. The molecular formula is C22H33ClO2S. The van der Waals surface area contributed by atoms with Gasteiger partial charge in [0.15, 0.2) is 0 Å². The summed E-state index contributed by atoms with van der Waals surface area (Å²) >= 11 is 7.39. The van der Waals surface area contributed by atoms with E-state index in [0.29, 0.717) is 5.78 Å². The highest BCUT2D eigenvalue weighted by atomic mass is 35.5. The van der Waals surface area contributed by atoms with Gasteiger partial charge >= 0.3 is 0 Å². The molecule has 0 amide bonds. The second-order valence-electron chi connectivity index (χ2n) is 7.67. The van der Waals surface area contributed by atoms with Crippen LogP contribution in [-0.2, 0) is 11.2 Å². The number of aliphatic hydroxyl groups excluding tert-OH is 1. The lowest BCUT2D eigenvalue weighted by Crippen LogP contribution is -2.40. The summed E-state index contributed by atoms with van der Waals surface area (Å²) in [5.74, 6) is 0.519. The number of ketones is 1. The van der Waals surface area contributed by atoms with Crippen molar-refractivity contribution in [3.63, 3.8) is 0 Å². The minimum Gasteiger partial charge on any atom is -0.392 e. The van der Waals surface area contributed by atoms with Crippen LogP contribution in [0.5, 0.6) is 0 Å². The lowest BCUT2D eigenvalue weighted by atomic mass is 9.63. The summed E-state index contributed by atoms with van der Waals surface area (Å²) in [6, 6.07) is 4.05. The van der Waals surface area contributed by atoms with Crippen LogP contribution in [-0.4, -0.2) is 17.0 Å². The van der Waals surface area contributed by atoms with Gasteiger partial charge in [-0.2, -0.15) is 0 Å². The average molecular weight is 397 g/mol. The highest BCUT2D eigenvalue weighted by molar-refractivity contribution is 7.16. The first-order valence-corrected chi connectivity index (χ1v) is 11.3. The first kappa shape index (κ1) is 21.7. The lowest BCUT2D eigenvalue weighted by molar-refractivity contribution is -0.119. The van der Waals surface area contributed by atoms with Crippen LogP contribution >= 0.6 is 22.9 Å². The van der Waals surface area contributed by atoms with Crippen molar-refractivity contribution in [2.24, 2.45) is 11.3 Å². The van der Waals surface area contributed by atoms with E-state index < -0.39 is 0 Å². The van der Waals surface area contributed by atoms with Crippen LogP contribution in [0.25, 0.3) is 0 Å². The van der Waals surface area contributed by atoms with E-state index >= 15 is 0 Å². The zero-order valence-electron chi connectivity index (χ0n) is 16.2. The highest BCUT2D eigenvalue weighted by Gasteiger charge is 2.40. The van der Waals surface area contributed by atoms with Crippen LogP contribution in [0.4, 0.5) is 0 Å². The van der Waals surface area contributed by atoms with E-state index in [-0.39, 0.29) is 17.4 Å². The van der Waals surface area contributed by atoms with Crippen LogP contribution in [0.15, 0.2) is 24.3 Å². The normalized spacial score (nSPS) is 22.8. The quantitative estimate of drug-likeness (QED) is 0.527. The van der Waals surface area contributed by atoms with Crippen molar-refractivity contribution >= 4 is 28.7 Å². The van der Waals surface area contributed by atoms with Gasteiger partial charge in [0.2, 0.25) is 0 Å². The fourth-order valence-corrected chi connectivity index (χ4v) is 5.14. The summed E-state index contributed by atoms with van der Waals surface area (Å²) in [5.41, 5.74) is 0.185. The number of halogens is 1. The zero-order valence-corrected chi connectivity index (χ0v) is 17.7. The molecule has 2 aliphatic rings. The molecule has 146 valence electrons. The molecule has 26 heavy (non-hydrogen) atoms. The monoisotopic (exact) mass is 396 g/mol. The Kier molecular flexibility index (Phi) is 8.86. The Labute approximate surface area is 167 Å². The van der Waals surface area contributed by atoms with Crippen LogP contribution in [0, 0.1) is 11.3 Å². The molecule has 2 saturated carbocycles. The maximum atomic E-state index is 11.5. The summed E-state index contributed by atoms with van der Waals surface area (Å²) < 4.78 is 0.901. The topological polar surface area (TPSA) is 37.3 Å². The predicted octanol–water partition coefficient (Wildman–Crippen LogP) is 6.60. The molecule has 0 bridgehead atoms. The van der Waals surface area contributed by atoms with Gasteiger partial charge in [-0.15, -0.1) is 11.3 Å². The number of carbonyl (C=O) groups is 1. The van der Waals surface area contributed by atoms with Crippen molar-refractivity contribution in [2.75, 3.05) is 0 Å². The molecule has 3 rings (SSSR count). The first-order chi connectivity index (χ1) is 12.5. The fourth-order valence-electron chi connectivity index (χ4n) is 3.95. The summed E-state index contributed by atoms with van der Waals surface area (Å²) in [5, 5.41) is 10.2. The number of hydrogen-bond acceptors (Lipinski definition) is 3. The summed E-state index contributed by atoms with van der Waals surface area (Å²) in [6.07, 6.45) is 14.4. The van der Waals surface area contributed by atoms with E-state index in [0.717, 1.165) is 42.9 Å². The number of allylic oxidation sites excluding steroid dienone is 1. The van der Waals surface area contributed by atoms with Crippen LogP contribution in [0.1, 0.15) is 76.5 Å². The molecule has 0 spiro atoms. The third-order valence-electron chi connectivity index (χ3n) is 5.97. The van der Waals surface area contributed by atoms with Gasteiger partial charge in [-0.25, -0.2) is 0 Å². The molecule has 1 N–H and O–H groups in total. The van der Waals surface area contributed by atoms with Crippen molar-refractivity contribution in [2.45, 2.75) is 84.2 Å². The molecule has 0 aliphatic heterocycles. The molecule has 0 aromatic carbocycles. The van der Waals surface area contributed by atoms with E-state index in [1.54, 1.807) is 11.3 Å². The van der Waals surface area contributed by atoms with Gasteiger partial charge < -0.3 is 5.11 Å². The van der Waals surface area contributed by atoms with Gasteiger partial charge in [0.25, 0.3) is 0 Å². The molecule has 1 aromatic rings. The average Bonchev–Trinajstić information content (AvgIpc) is 3.17. The Bertz CT molecular complexity index is 583. The lowest BCUT2D eigenvalue weighted by Gasteiger charge is -2.45. The van der Waals surface area contributed by atoms with E-state index in [4.69, 9.17) is 11.6 Å². The van der Waals surface area contributed by atoms with Crippen molar-refractivity contribution in [1.82, 2.24) is 0 Å². The second kappa shape index (κ2) is 10.6. The SMILES string of the molecule is CCC1(C(O)C/C=C/[C@@H]2CCCC2=O)CCC1.CCCc1ccc(Cl)s1. The molecule has 2 fully saturated rings. The number of aryl methyl sites for hydroxylation is 1. The number of carbonyl (C=O) groups excluding carboxylic acids is 1. The smallest absolute Gasteiger partial charge is 0.139 e. The first-order valence-electron chi connectivity index (χ1n) is 10.1. The molecular weight excluding hydrogens is 364 g/mol. The molecule has 0 saturated heterocycles. The fraction of sp³-hybridized carbons (Fsp3) is 0.682. The van der Waals surface area contributed by atoms with Gasteiger partial charge in [0.1, 0.15) is 5.78 Å². The van der Waals surface area contributed by atoms with E-state index in [2.05, 4.69) is 19.9 Å². The Morgan fingerprint density at radius 3 is 2.58 bits per heavy atom. The minimum absolute atomic E-state index is 0.140. The van der Waals surface area contributed by atoms with E-state index in [1.807, 2.05) is 18.2 Å². The standard InChI is InChI=1S/C15H24O2.C7H9ClS/c1-2-15(10-5-11-15)14(17)9-4-7-12-6-3-8-13(12)16;1-2-3-6-4-5-7(8)9-6/h4,7,12,14,17H,2-3,5-6,8-11H2,1H3;4-5H,2-3H2,1H3/b7-4+;/t12-,14?;/m0./s1. The van der Waals surface area contributed by atoms with Crippen molar-refractivity contribution < 1.29 is 9.90 Å². The number of Topliss-reactive ketones (excluding diaryl/α,β-unsaturated/α-hetero) is 1.